The van der Waals surface area contributed by atoms with Gasteiger partial charge in [-0.1, -0.05) is 0 Å². The number of alkyl halides is 5. The van der Waals surface area contributed by atoms with E-state index in [4.69, 9.17) is 0 Å². The van der Waals surface area contributed by atoms with Gasteiger partial charge in [0.25, 0.3) is 6.43 Å². The van der Waals surface area contributed by atoms with Crippen LogP contribution in [-0.2, 0) is 6.18 Å². The van der Waals surface area contributed by atoms with E-state index >= 15 is 0 Å². The van der Waals surface area contributed by atoms with Crippen molar-refractivity contribution in [2.75, 3.05) is 0 Å². The molecular weight excluding hydrogens is 339 g/mol. The Morgan fingerprint density at radius 3 is 2.20 bits per heavy atom. The van der Waals surface area contributed by atoms with Crippen molar-refractivity contribution in [1.29, 1.82) is 0 Å². The maximum absolute atomic E-state index is 12.5. The standard InChI is InChI=1S/C7H2F6IN/c8-3-1-2(14)4(7(11,12)13)5(15-3)6(9)10/h1,6H. The van der Waals surface area contributed by atoms with E-state index in [0.29, 0.717) is 6.07 Å². The highest BCUT2D eigenvalue weighted by Crippen LogP contribution is 2.38. The molecule has 1 nitrogen and oxygen atoms in total. The number of hydrogen-bond acceptors (Lipinski definition) is 1. The summed E-state index contributed by atoms with van der Waals surface area (Å²) in [5.74, 6) is -1.36. The Hall–Kier alpha value is -0.540. The van der Waals surface area contributed by atoms with Crippen LogP contribution in [0.15, 0.2) is 6.07 Å². The molecule has 0 bridgehead atoms. The van der Waals surface area contributed by atoms with Gasteiger partial charge in [-0.15, -0.1) is 0 Å². The minimum absolute atomic E-state index is 0.454. The van der Waals surface area contributed by atoms with Gasteiger partial charge in [0.15, 0.2) is 0 Å². The minimum atomic E-state index is -4.97. The number of halogens is 7. The monoisotopic (exact) mass is 341 g/mol. The van der Waals surface area contributed by atoms with Gasteiger partial charge in [-0.2, -0.15) is 17.6 Å². The molecule has 1 rings (SSSR count). The molecule has 1 aromatic rings. The van der Waals surface area contributed by atoms with Crippen LogP contribution in [0.25, 0.3) is 0 Å². The summed E-state index contributed by atoms with van der Waals surface area (Å²) in [6.45, 7) is 0. The molecule has 0 aliphatic heterocycles. The number of pyridine rings is 1. The Balaban J connectivity index is 3.48. The average Bonchev–Trinajstić information content (AvgIpc) is 1.99. The van der Waals surface area contributed by atoms with Crippen LogP contribution in [-0.4, -0.2) is 4.98 Å². The molecule has 0 aromatic carbocycles. The summed E-state index contributed by atoms with van der Waals surface area (Å²) in [5.41, 5.74) is -3.16. The first-order chi connectivity index (χ1) is 6.73. The van der Waals surface area contributed by atoms with Gasteiger partial charge in [0.2, 0.25) is 5.95 Å². The summed E-state index contributed by atoms with van der Waals surface area (Å²) in [4.78, 5) is 2.56. The zero-order valence-electron chi connectivity index (χ0n) is 6.75. The quantitative estimate of drug-likeness (QED) is 0.430. The van der Waals surface area contributed by atoms with Gasteiger partial charge in [0, 0.05) is 9.64 Å². The van der Waals surface area contributed by atoms with Crippen molar-refractivity contribution in [2.45, 2.75) is 12.6 Å². The molecule has 0 saturated heterocycles. The van der Waals surface area contributed by atoms with Gasteiger partial charge >= 0.3 is 6.18 Å². The normalized spacial score (nSPS) is 12.3. The molecule has 0 atom stereocenters. The predicted molar refractivity (Wildman–Crippen MR) is 46.9 cm³/mol. The third kappa shape index (κ3) is 2.73. The molecule has 8 heteroatoms. The van der Waals surface area contributed by atoms with E-state index in [-0.39, 0.29) is 0 Å². The lowest BCUT2D eigenvalue weighted by molar-refractivity contribution is -0.140. The van der Waals surface area contributed by atoms with Gasteiger partial charge in [-0.05, 0) is 22.6 Å². The van der Waals surface area contributed by atoms with Gasteiger partial charge in [-0.25, -0.2) is 13.8 Å². The van der Waals surface area contributed by atoms with Crippen LogP contribution in [0.5, 0.6) is 0 Å². The van der Waals surface area contributed by atoms with Gasteiger partial charge in [0.1, 0.15) is 5.69 Å². The van der Waals surface area contributed by atoms with Crippen LogP contribution in [0.1, 0.15) is 17.7 Å². The van der Waals surface area contributed by atoms with Crippen LogP contribution < -0.4 is 0 Å². The van der Waals surface area contributed by atoms with Crippen LogP contribution in [0.2, 0.25) is 0 Å². The summed E-state index contributed by atoms with van der Waals surface area (Å²) in [6.07, 6.45) is -8.44. The molecule has 0 N–H and O–H groups in total. The van der Waals surface area contributed by atoms with E-state index in [9.17, 15) is 26.3 Å². The van der Waals surface area contributed by atoms with E-state index < -0.39 is 33.4 Å². The third-order valence-electron chi connectivity index (χ3n) is 1.46. The van der Waals surface area contributed by atoms with Crippen molar-refractivity contribution in [3.8, 4) is 0 Å². The Morgan fingerprint density at radius 1 is 1.27 bits per heavy atom. The maximum Gasteiger partial charge on any atom is 0.419 e. The molecule has 84 valence electrons. The molecule has 1 aromatic heterocycles. The fourth-order valence-electron chi connectivity index (χ4n) is 0.941. The van der Waals surface area contributed by atoms with Crippen molar-refractivity contribution in [2.24, 2.45) is 0 Å². The minimum Gasteiger partial charge on any atom is -0.218 e. The van der Waals surface area contributed by atoms with E-state index in [2.05, 4.69) is 4.98 Å². The zero-order valence-corrected chi connectivity index (χ0v) is 8.91. The number of rotatable bonds is 1. The lowest BCUT2D eigenvalue weighted by atomic mass is 10.2. The molecular formula is C7H2F6IN. The first-order valence-electron chi connectivity index (χ1n) is 3.44. The van der Waals surface area contributed by atoms with Gasteiger partial charge < -0.3 is 0 Å². The van der Waals surface area contributed by atoms with E-state index in [0.717, 1.165) is 22.6 Å². The topological polar surface area (TPSA) is 12.9 Å². The largest absolute Gasteiger partial charge is 0.419 e. The fourth-order valence-corrected chi connectivity index (χ4v) is 1.78. The van der Waals surface area contributed by atoms with E-state index in [1.807, 2.05) is 0 Å². The molecule has 0 fully saturated rings. The van der Waals surface area contributed by atoms with Crippen molar-refractivity contribution in [1.82, 2.24) is 4.98 Å². The SMILES string of the molecule is Fc1cc(I)c(C(F)(F)F)c(C(F)F)n1. The second kappa shape index (κ2) is 4.14. The number of aromatic nitrogens is 1. The summed E-state index contributed by atoms with van der Waals surface area (Å²) < 4.78 is 73.2. The molecule has 0 spiro atoms. The summed E-state index contributed by atoms with van der Waals surface area (Å²) >= 11 is 1.14. The lowest BCUT2D eigenvalue weighted by Gasteiger charge is -2.13. The van der Waals surface area contributed by atoms with E-state index in [1.165, 1.54) is 0 Å². The average molecular weight is 341 g/mol. The number of nitrogens with zero attached hydrogens (tertiary/aromatic N) is 1. The highest BCUT2D eigenvalue weighted by Gasteiger charge is 2.39. The molecule has 0 unspecified atom stereocenters. The van der Waals surface area contributed by atoms with Gasteiger partial charge in [0.05, 0.1) is 5.56 Å². The Bertz CT molecular complexity index is 374. The van der Waals surface area contributed by atoms with E-state index in [1.54, 1.807) is 0 Å². The highest BCUT2D eigenvalue weighted by molar-refractivity contribution is 14.1. The lowest BCUT2D eigenvalue weighted by Crippen LogP contribution is -2.14. The molecule has 0 saturated carbocycles. The zero-order chi connectivity index (χ0) is 11.8. The fraction of sp³-hybridized carbons (Fsp3) is 0.286. The predicted octanol–water partition coefficient (Wildman–Crippen LogP) is 3.78. The van der Waals surface area contributed by atoms with Crippen molar-refractivity contribution < 1.29 is 26.3 Å². The van der Waals surface area contributed by atoms with Crippen molar-refractivity contribution in [3.63, 3.8) is 0 Å². The van der Waals surface area contributed by atoms with Crippen LogP contribution in [0, 0.1) is 9.52 Å². The smallest absolute Gasteiger partial charge is 0.218 e. The highest BCUT2D eigenvalue weighted by atomic mass is 127. The molecule has 0 amide bonds. The summed E-state index contributed by atoms with van der Waals surface area (Å²) in [5, 5.41) is 0. The number of hydrogen-bond donors (Lipinski definition) is 0. The molecule has 1 heterocycles. The third-order valence-corrected chi connectivity index (χ3v) is 2.31. The van der Waals surface area contributed by atoms with Crippen molar-refractivity contribution >= 4 is 22.6 Å². The first kappa shape index (κ1) is 12.5. The van der Waals surface area contributed by atoms with Crippen molar-refractivity contribution in [3.05, 3.63) is 26.8 Å². The van der Waals surface area contributed by atoms with Gasteiger partial charge in [-0.3, -0.25) is 0 Å². The molecule has 0 aliphatic carbocycles. The van der Waals surface area contributed by atoms with Crippen LogP contribution in [0.3, 0.4) is 0 Å². The maximum atomic E-state index is 12.5. The second-order valence-electron chi connectivity index (χ2n) is 2.49. The Morgan fingerprint density at radius 2 is 1.80 bits per heavy atom. The van der Waals surface area contributed by atoms with Crippen LogP contribution >= 0.6 is 22.6 Å². The summed E-state index contributed by atoms with van der Waals surface area (Å²) in [6, 6.07) is 0.454. The Labute approximate surface area is 93.6 Å². The Kier molecular flexibility index (Phi) is 3.46. The second-order valence-corrected chi connectivity index (χ2v) is 3.65. The summed E-state index contributed by atoms with van der Waals surface area (Å²) in [7, 11) is 0. The molecule has 0 aliphatic rings. The molecule has 0 radical (unpaired) electrons. The first-order valence-corrected chi connectivity index (χ1v) is 4.52. The van der Waals surface area contributed by atoms with Crippen LogP contribution in [0.4, 0.5) is 26.3 Å². The molecule has 15 heavy (non-hydrogen) atoms.